The maximum Gasteiger partial charge on any atom is 0.253 e. The number of rotatable bonds is 4. The van der Waals surface area contributed by atoms with E-state index in [9.17, 15) is 10.1 Å². The van der Waals surface area contributed by atoms with Gasteiger partial charge in [0.2, 0.25) is 0 Å². The van der Waals surface area contributed by atoms with Crippen molar-refractivity contribution in [1.29, 1.82) is 5.26 Å². The molecule has 1 aromatic carbocycles. The molecule has 2 saturated heterocycles. The lowest BCUT2D eigenvalue weighted by Crippen LogP contribution is -2.46. The van der Waals surface area contributed by atoms with Gasteiger partial charge in [0.15, 0.2) is 0 Å². The molecule has 6 heteroatoms. The second-order valence-electron chi connectivity index (χ2n) is 7.45. The summed E-state index contributed by atoms with van der Waals surface area (Å²) < 4.78 is 0. The average Bonchev–Trinajstić information content (AvgIpc) is 3.29. The lowest BCUT2D eigenvalue weighted by Gasteiger charge is -2.35. The van der Waals surface area contributed by atoms with Crippen LogP contribution in [0.5, 0.6) is 0 Å². The number of anilines is 1. The molecular formula is C22H25N5O. The highest BCUT2D eigenvalue weighted by Gasteiger charge is 2.21. The van der Waals surface area contributed by atoms with Gasteiger partial charge in [0, 0.05) is 57.6 Å². The van der Waals surface area contributed by atoms with Gasteiger partial charge in [0.25, 0.3) is 5.91 Å². The van der Waals surface area contributed by atoms with E-state index in [1.54, 1.807) is 12.3 Å². The first-order valence-corrected chi connectivity index (χ1v) is 9.95. The number of benzene rings is 1. The number of amides is 1. The molecule has 0 bridgehead atoms. The zero-order valence-corrected chi connectivity index (χ0v) is 16.0. The first-order valence-electron chi connectivity index (χ1n) is 9.95. The van der Waals surface area contributed by atoms with E-state index in [0.29, 0.717) is 5.56 Å². The molecule has 144 valence electrons. The zero-order valence-electron chi connectivity index (χ0n) is 16.0. The Balaban J connectivity index is 1.32. The summed E-state index contributed by atoms with van der Waals surface area (Å²) in [5.74, 6) is 0.941. The van der Waals surface area contributed by atoms with Crippen molar-refractivity contribution in [1.82, 2.24) is 14.8 Å². The summed E-state index contributed by atoms with van der Waals surface area (Å²) in [6.07, 6.45) is 3.97. The third-order valence-corrected chi connectivity index (χ3v) is 5.58. The standard InChI is InChI=1S/C22H25N5O/c23-16-20-4-3-9-24-21(20)26-14-12-25(13-15-26)17-18-5-7-19(8-6-18)22(28)27-10-1-2-11-27/h3-9H,1-2,10-15,17H2. The molecule has 6 nitrogen and oxygen atoms in total. The summed E-state index contributed by atoms with van der Waals surface area (Å²) in [6.45, 7) is 6.21. The number of nitriles is 1. The van der Waals surface area contributed by atoms with Crippen molar-refractivity contribution in [3.05, 3.63) is 59.3 Å². The molecule has 0 N–H and O–H groups in total. The summed E-state index contributed by atoms with van der Waals surface area (Å²) >= 11 is 0. The number of likely N-dealkylation sites (tertiary alicyclic amines) is 1. The van der Waals surface area contributed by atoms with E-state index < -0.39 is 0 Å². The fraction of sp³-hybridized carbons (Fsp3) is 0.409. The largest absolute Gasteiger partial charge is 0.353 e. The Morgan fingerprint density at radius 3 is 2.39 bits per heavy atom. The van der Waals surface area contributed by atoms with Gasteiger partial charge in [0.05, 0.1) is 5.56 Å². The van der Waals surface area contributed by atoms with Crippen LogP contribution in [0.1, 0.15) is 34.3 Å². The smallest absolute Gasteiger partial charge is 0.253 e. The highest BCUT2D eigenvalue weighted by Crippen LogP contribution is 2.19. The van der Waals surface area contributed by atoms with Gasteiger partial charge in [0.1, 0.15) is 11.9 Å². The minimum absolute atomic E-state index is 0.154. The van der Waals surface area contributed by atoms with E-state index in [4.69, 9.17) is 0 Å². The highest BCUT2D eigenvalue weighted by molar-refractivity contribution is 5.94. The minimum Gasteiger partial charge on any atom is -0.353 e. The summed E-state index contributed by atoms with van der Waals surface area (Å²) in [5.41, 5.74) is 2.64. The molecule has 2 aliphatic heterocycles. The quantitative estimate of drug-likeness (QED) is 0.822. The number of nitrogens with zero attached hydrogens (tertiary/aromatic N) is 5. The molecule has 0 spiro atoms. The Morgan fingerprint density at radius 2 is 1.71 bits per heavy atom. The van der Waals surface area contributed by atoms with Crippen molar-refractivity contribution in [3.8, 4) is 6.07 Å². The summed E-state index contributed by atoms with van der Waals surface area (Å²) in [5, 5.41) is 9.27. The van der Waals surface area contributed by atoms with Crippen LogP contribution in [0.25, 0.3) is 0 Å². The first-order chi connectivity index (χ1) is 13.7. The van der Waals surface area contributed by atoms with E-state index in [0.717, 1.165) is 70.0 Å². The van der Waals surface area contributed by atoms with Gasteiger partial charge >= 0.3 is 0 Å². The van der Waals surface area contributed by atoms with Crippen LogP contribution in [0.2, 0.25) is 0 Å². The molecule has 0 radical (unpaired) electrons. The topological polar surface area (TPSA) is 63.5 Å². The lowest BCUT2D eigenvalue weighted by molar-refractivity contribution is 0.0793. The molecule has 0 atom stereocenters. The molecule has 2 aliphatic rings. The highest BCUT2D eigenvalue weighted by atomic mass is 16.2. The molecule has 0 unspecified atom stereocenters. The Morgan fingerprint density at radius 1 is 1.00 bits per heavy atom. The van der Waals surface area contributed by atoms with Gasteiger partial charge in [-0.1, -0.05) is 12.1 Å². The minimum atomic E-state index is 0.154. The second-order valence-corrected chi connectivity index (χ2v) is 7.45. The zero-order chi connectivity index (χ0) is 19.3. The van der Waals surface area contributed by atoms with E-state index in [-0.39, 0.29) is 5.91 Å². The van der Waals surface area contributed by atoms with Crippen molar-refractivity contribution in [2.45, 2.75) is 19.4 Å². The third-order valence-electron chi connectivity index (χ3n) is 5.58. The van der Waals surface area contributed by atoms with Gasteiger partial charge in [-0.2, -0.15) is 5.26 Å². The van der Waals surface area contributed by atoms with Gasteiger partial charge in [-0.05, 0) is 42.7 Å². The molecular weight excluding hydrogens is 350 g/mol. The van der Waals surface area contributed by atoms with Crippen LogP contribution in [0, 0.1) is 11.3 Å². The SMILES string of the molecule is N#Cc1cccnc1N1CCN(Cc2ccc(C(=O)N3CCCC3)cc2)CC1. The Hall–Kier alpha value is -2.91. The average molecular weight is 375 g/mol. The Kier molecular flexibility index (Phi) is 5.54. The van der Waals surface area contributed by atoms with Gasteiger partial charge in [-0.25, -0.2) is 4.98 Å². The molecule has 1 aromatic heterocycles. The predicted molar refractivity (Wildman–Crippen MR) is 108 cm³/mol. The number of hydrogen-bond donors (Lipinski definition) is 0. The molecule has 3 heterocycles. The van der Waals surface area contributed by atoms with Crippen LogP contribution in [0.3, 0.4) is 0 Å². The predicted octanol–water partition coefficient (Wildman–Crippen LogP) is 2.51. The van der Waals surface area contributed by atoms with Crippen LogP contribution in [-0.2, 0) is 6.54 Å². The van der Waals surface area contributed by atoms with Gasteiger partial charge in [-0.3, -0.25) is 9.69 Å². The van der Waals surface area contributed by atoms with Crippen LogP contribution in [0.15, 0.2) is 42.6 Å². The fourth-order valence-electron chi connectivity index (χ4n) is 3.97. The number of aromatic nitrogens is 1. The number of piperazine rings is 1. The van der Waals surface area contributed by atoms with Crippen molar-refractivity contribution in [2.75, 3.05) is 44.2 Å². The summed E-state index contributed by atoms with van der Waals surface area (Å²) in [4.78, 5) is 23.4. The van der Waals surface area contributed by atoms with Crippen molar-refractivity contribution >= 4 is 11.7 Å². The van der Waals surface area contributed by atoms with E-state index in [2.05, 4.69) is 33.0 Å². The molecule has 0 aliphatic carbocycles. The van der Waals surface area contributed by atoms with Crippen molar-refractivity contribution < 1.29 is 4.79 Å². The molecule has 0 saturated carbocycles. The Bertz CT molecular complexity index is 859. The molecule has 4 rings (SSSR count). The van der Waals surface area contributed by atoms with Crippen LogP contribution < -0.4 is 4.90 Å². The maximum atomic E-state index is 12.5. The molecule has 28 heavy (non-hydrogen) atoms. The number of pyridine rings is 1. The summed E-state index contributed by atoms with van der Waals surface area (Å²) in [6, 6.07) is 13.9. The number of carbonyl (C=O) groups is 1. The van der Waals surface area contributed by atoms with Gasteiger partial charge < -0.3 is 9.80 Å². The van der Waals surface area contributed by atoms with Crippen molar-refractivity contribution in [2.24, 2.45) is 0 Å². The lowest BCUT2D eigenvalue weighted by atomic mass is 10.1. The number of hydrogen-bond acceptors (Lipinski definition) is 5. The fourth-order valence-corrected chi connectivity index (χ4v) is 3.97. The first kappa shape index (κ1) is 18.5. The van der Waals surface area contributed by atoms with Gasteiger partial charge in [-0.15, -0.1) is 0 Å². The van der Waals surface area contributed by atoms with E-state index >= 15 is 0 Å². The molecule has 2 fully saturated rings. The molecule has 2 aromatic rings. The van der Waals surface area contributed by atoms with E-state index in [1.165, 1.54) is 5.56 Å². The Labute approximate surface area is 166 Å². The van der Waals surface area contributed by atoms with Crippen LogP contribution in [0.4, 0.5) is 5.82 Å². The van der Waals surface area contributed by atoms with Crippen LogP contribution in [-0.4, -0.2) is 60.0 Å². The number of carbonyl (C=O) groups excluding carboxylic acids is 1. The van der Waals surface area contributed by atoms with Crippen LogP contribution >= 0.6 is 0 Å². The summed E-state index contributed by atoms with van der Waals surface area (Å²) in [7, 11) is 0. The third kappa shape index (κ3) is 4.00. The van der Waals surface area contributed by atoms with Crippen molar-refractivity contribution in [3.63, 3.8) is 0 Å². The maximum absolute atomic E-state index is 12.5. The second kappa shape index (κ2) is 8.41. The monoisotopic (exact) mass is 375 g/mol. The van der Waals surface area contributed by atoms with E-state index in [1.807, 2.05) is 23.1 Å². The molecule has 1 amide bonds. The normalized spacial score (nSPS) is 17.5.